The van der Waals surface area contributed by atoms with Gasteiger partial charge >= 0.3 is 6.18 Å². The Morgan fingerprint density at radius 3 is 2.24 bits per heavy atom. The second kappa shape index (κ2) is 9.61. The van der Waals surface area contributed by atoms with E-state index in [2.05, 4.69) is 29.1 Å². The number of benzene rings is 1. The van der Waals surface area contributed by atoms with E-state index in [1.165, 1.54) is 0 Å². The van der Waals surface area contributed by atoms with Crippen molar-refractivity contribution in [1.29, 1.82) is 0 Å². The van der Waals surface area contributed by atoms with Crippen LogP contribution in [-0.2, 0) is 6.18 Å². The van der Waals surface area contributed by atoms with Crippen LogP contribution >= 0.6 is 24.0 Å². The Bertz CT molecular complexity index is 556. The molecular formula is C17H26F3IN4. The maximum atomic E-state index is 12.8. The molecule has 1 aliphatic heterocycles. The number of hydrogen-bond acceptors (Lipinski definition) is 4. The smallest absolute Gasteiger partial charge is 0.354 e. The lowest BCUT2D eigenvalue weighted by Crippen LogP contribution is -2.42. The van der Waals surface area contributed by atoms with E-state index in [-0.39, 0.29) is 30.0 Å². The summed E-state index contributed by atoms with van der Waals surface area (Å²) >= 11 is 0. The van der Waals surface area contributed by atoms with E-state index in [0.717, 1.165) is 49.8 Å². The standard InChI is InChI=1S/C17H25F3N4.HI/c1-4-24(5-2)15(12-22-16-21-10-11-23(16)3)13-6-8-14(9-7-13)17(18,19)20;/h6-9,15H,4-5,10-12H2,1-3H3,(H,21,22);1H. The van der Waals surface area contributed by atoms with Crippen molar-refractivity contribution in [3.8, 4) is 0 Å². The van der Waals surface area contributed by atoms with Gasteiger partial charge in [-0.2, -0.15) is 13.2 Å². The lowest BCUT2D eigenvalue weighted by molar-refractivity contribution is -0.137. The molecule has 0 aromatic heterocycles. The number of likely N-dealkylation sites (N-methyl/N-ethyl adjacent to an activating group) is 2. The van der Waals surface area contributed by atoms with Gasteiger partial charge in [-0.1, -0.05) is 26.0 Å². The normalized spacial score (nSPS) is 15.8. The van der Waals surface area contributed by atoms with Crippen molar-refractivity contribution in [3.05, 3.63) is 35.4 Å². The highest BCUT2D eigenvalue weighted by atomic mass is 127. The Balaban J connectivity index is 0.00000312. The van der Waals surface area contributed by atoms with Gasteiger partial charge in [-0.3, -0.25) is 9.89 Å². The van der Waals surface area contributed by atoms with Crippen molar-refractivity contribution in [2.24, 2.45) is 4.99 Å². The zero-order chi connectivity index (χ0) is 17.7. The molecule has 4 nitrogen and oxygen atoms in total. The molecule has 1 heterocycles. The number of rotatable bonds is 6. The van der Waals surface area contributed by atoms with Gasteiger partial charge in [0.25, 0.3) is 0 Å². The summed E-state index contributed by atoms with van der Waals surface area (Å²) in [6, 6.07) is 5.47. The molecule has 0 aliphatic carbocycles. The fourth-order valence-corrected chi connectivity index (χ4v) is 2.93. The third-order valence-electron chi connectivity index (χ3n) is 4.39. The summed E-state index contributed by atoms with van der Waals surface area (Å²) in [7, 11) is 1.98. The predicted molar refractivity (Wildman–Crippen MR) is 105 cm³/mol. The van der Waals surface area contributed by atoms with Gasteiger partial charge in [0.05, 0.1) is 18.2 Å². The molecule has 25 heavy (non-hydrogen) atoms. The molecule has 0 saturated heterocycles. The van der Waals surface area contributed by atoms with Gasteiger partial charge in [-0.25, -0.2) is 0 Å². The highest BCUT2D eigenvalue weighted by Gasteiger charge is 2.30. The van der Waals surface area contributed by atoms with E-state index in [1.54, 1.807) is 12.1 Å². The van der Waals surface area contributed by atoms with Crippen LogP contribution in [0.2, 0.25) is 0 Å². The van der Waals surface area contributed by atoms with Gasteiger partial charge in [0.2, 0.25) is 0 Å². The Morgan fingerprint density at radius 2 is 1.80 bits per heavy atom. The number of halogens is 4. The van der Waals surface area contributed by atoms with Gasteiger partial charge in [0.1, 0.15) is 0 Å². The van der Waals surface area contributed by atoms with Crippen molar-refractivity contribution >= 4 is 29.9 Å². The van der Waals surface area contributed by atoms with Crippen molar-refractivity contribution in [1.82, 2.24) is 15.1 Å². The Kier molecular flexibility index (Phi) is 8.46. The third-order valence-corrected chi connectivity index (χ3v) is 4.39. The summed E-state index contributed by atoms with van der Waals surface area (Å²) in [5.74, 6) is 0.846. The first-order chi connectivity index (χ1) is 11.4. The molecule has 142 valence electrons. The van der Waals surface area contributed by atoms with E-state index in [4.69, 9.17) is 0 Å². The molecule has 0 fully saturated rings. The molecule has 1 atom stereocenters. The van der Waals surface area contributed by atoms with E-state index in [1.807, 2.05) is 11.9 Å². The fraction of sp³-hybridized carbons (Fsp3) is 0.588. The molecule has 1 unspecified atom stereocenters. The van der Waals surface area contributed by atoms with Crippen LogP contribution in [0, 0.1) is 0 Å². The van der Waals surface area contributed by atoms with Crippen LogP contribution in [0.25, 0.3) is 0 Å². The van der Waals surface area contributed by atoms with Gasteiger partial charge in [-0.15, -0.1) is 24.0 Å². The molecule has 2 rings (SSSR count). The summed E-state index contributed by atoms with van der Waals surface area (Å²) < 4.78 is 38.3. The first-order valence-electron chi connectivity index (χ1n) is 8.27. The minimum Gasteiger partial charge on any atom is -0.354 e. The topological polar surface area (TPSA) is 30.9 Å². The molecule has 1 N–H and O–H groups in total. The molecule has 0 amide bonds. The molecule has 1 aliphatic rings. The van der Waals surface area contributed by atoms with Crippen molar-refractivity contribution in [3.63, 3.8) is 0 Å². The lowest BCUT2D eigenvalue weighted by atomic mass is 10.0. The van der Waals surface area contributed by atoms with Crippen molar-refractivity contribution < 1.29 is 13.2 Å². The third kappa shape index (κ3) is 5.73. The monoisotopic (exact) mass is 470 g/mol. The molecule has 1 aromatic carbocycles. The number of nitrogens with one attached hydrogen (secondary N) is 1. The van der Waals surface area contributed by atoms with E-state index in [0.29, 0.717) is 6.54 Å². The number of guanidine groups is 1. The molecule has 0 radical (unpaired) electrons. The summed E-state index contributed by atoms with van der Waals surface area (Å²) in [5.41, 5.74) is 0.262. The highest BCUT2D eigenvalue weighted by Crippen LogP contribution is 2.30. The second-order valence-corrected chi connectivity index (χ2v) is 5.86. The largest absolute Gasteiger partial charge is 0.416 e. The van der Waals surface area contributed by atoms with Gasteiger partial charge < -0.3 is 10.2 Å². The molecule has 1 aromatic rings. The fourth-order valence-electron chi connectivity index (χ4n) is 2.93. The van der Waals surface area contributed by atoms with Crippen LogP contribution in [0.4, 0.5) is 13.2 Å². The maximum Gasteiger partial charge on any atom is 0.416 e. The molecule has 0 bridgehead atoms. The molecular weight excluding hydrogens is 444 g/mol. The minimum atomic E-state index is -4.30. The SMILES string of the molecule is CCN(CC)C(CNC1=NCCN1C)c1ccc(C(F)(F)F)cc1.I. The first-order valence-corrected chi connectivity index (χ1v) is 8.27. The van der Waals surface area contributed by atoms with Crippen LogP contribution < -0.4 is 5.32 Å². The van der Waals surface area contributed by atoms with E-state index in [9.17, 15) is 13.2 Å². The lowest BCUT2D eigenvalue weighted by Gasteiger charge is -2.31. The number of aliphatic imine (C=N–C) groups is 1. The summed E-state index contributed by atoms with van der Waals surface area (Å²) in [6.45, 7) is 8.03. The quantitative estimate of drug-likeness (QED) is 0.645. The second-order valence-electron chi connectivity index (χ2n) is 5.86. The van der Waals surface area contributed by atoms with E-state index < -0.39 is 11.7 Å². The Labute approximate surface area is 164 Å². The van der Waals surface area contributed by atoms with Gasteiger partial charge in [0.15, 0.2) is 5.96 Å². The number of alkyl halides is 3. The molecule has 0 spiro atoms. The van der Waals surface area contributed by atoms with Crippen LogP contribution in [-0.4, -0.2) is 55.5 Å². The Hall–Kier alpha value is -1.03. The van der Waals surface area contributed by atoms with Crippen molar-refractivity contribution in [2.75, 3.05) is 39.8 Å². The highest BCUT2D eigenvalue weighted by molar-refractivity contribution is 14.0. The zero-order valence-electron chi connectivity index (χ0n) is 14.8. The Morgan fingerprint density at radius 1 is 1.20 bits per heavy atom. The minimum absolute atomic E-state index is 0. The van der Waals surface area contributed by atoms with Crippen molar-refractivity contribution in [2.45, 2.75) is 26.1 Å². The van der Waals surface area contributed by atoms with Gasteiger partial charge in [-0.05, 0) is 30.8 Å². The van der Waals surface area contributed by atoms with Crippen LogP contribution in [0.15, 0.2) is 29.3 Å². The van der Waals surface area contributed by atoms with E-state index >= 15 is 0 Å². The summed E-state index contributed by atoms with van der Waals surface area (Å²) in [6.07, 6.45) is -4.30. The zero-order valence-corrected chi connectivity index (χ0v) is 17.1. The van der Waals surface area contributed by atoms with Crippen LogP contribution in [0.5, 0.6) is 0 Å². The molecule has 0 saturated carbocycles. The average molecular weight is 470 g/mol. The van der Waals surface area contributed by atoms with Crippen LogP contribution in [0.3, 0.4) is 0 Å². The first kappa shape index (κ1) is 22.0. The number of nitrogens with zero attached hydrogens (tertiary/aromatic N) is 3. The predicted octanol–water partition coefficient (Wildman–Crippen LogP) is 3.60. The summed E-state index contributed by atoms with van der Waals surface area (Å²) in [5, 5.41) is 3.34. The summed E-state index contributed by atoms with van der Waals surface area (Å²) in [4.78, 5) is 8.68. The maximum absolute atomic E-state index is 12.8. The average Bonchev–Trinajstić information content (AvgIpc) is 2.96. The van der Waals surface area contributed by atoms with Gasteiger partial charge in [0, 0.05) is 20.1 Å². The molecule has 8 heteroatoms. The van der Waals surface area contributed by atoms with Crippen LogP contribution in [0.1, 0.15) is 31.0 Å². The number of hydrogen-bond donors (Lipinski definition) is 1.